The molecule has 0 bridgehead atoms. The van der Waals surface area contributed by atoms with Crippen molar-refractivity contribution in [3.63, 3.8) is 0 Å². The fraction of sp³-hybridized carbons (Fsp3) is 0.0938. The van der Waals surface area contributed by atoms with E-state index in [2.05, 4.69) is 20.9 Å². The van der Waals surface area contributed by atoms with Crippen molar-refractivity contribution in [3.8, 4) is 22.8 Å². The lowest BCUT2D eigenvalue weighted by molar-refractivity contribution is -0.115. The quantitative estimate of drug-likeness (QED) is 0.108. The van der Waals surface area contributed by atoms with Crippen LogP contribution < -0.4 is 25.4 Å². The molecule has 3 N–H and O–H groups in total. The number of hydrogen-bond acceptors (Lipinski definition) is 7. The second-order valence-electron chi connectivity index (χ2n) is 8.94. The number of anilines is 3. The fourth-order valence-electron chi connectivity index (χ4n) is 4.20. The van der Waals surface area contributed by atoms with Crippen LogP contribution >= 0.6 is 35.3 Å². The molecule has 0 spiro atoms. The third-order valence-corrected chi connectivity index (χ3v) is 8.37. The van der Waals surface area contributed by atoms with Gasteiger partial charge in [-0.2, -0.15) is 0 Å². The summed E-state index contributed by atoms with van der Waals surface area (Å²) >= 11 is 8.36. The van der Waals surface area contributed by atoms with Crippen LogP contribution in [0.1, 0.15) is 10.8 Å². The number of carbonyl (C=O) groups excluding carboxylic acids is 1. The van der Waals surface area contributed by atoms with E-state index in [1.807, 2.05) is 109 Å². The average molecular weight is 613 g/mol. The van der Waals surface area contributed by atoms with Gasteiger partial charge in [-0.25, -0.2) is 4.98 Å². The number of methoxy groups -OCH3 is 2. The van der Waals surface area contributed by atoms with Crippen molar-refractivity contribution in [3.05, 3.63) is 114 Å². The minimum absolute atomic E-state index is 0.168. The smallest absolute Gasteiger partial charge is 0.244 e. The van der Waals surface area contributed by atoms with Crippen LogP contribution in [0.25, 0.3) is 11.3 Å². The second kappa shape index (κ2) is 14.0. The predicted octanol–water partition coefficient (Wildman–Crippen LogP) is 8.11. The van der Waals surface area contributed by atoms with E-state index < -0.39 is 5.25 Å². The van der Waals surface area contributed by atoms with E-state index in [9.17, 15) is 4.79 Å². The lowest BCUT2D eigenvalue weighted by atomic mass is 10.1. The topological polar surface area (TPSA) is 84.5 Å². The van der Waals surface area contributed by atoms with Crippen molar-refractivity contribution >= 4 is 62.8 Å². The van der Waals surface area contributed by atoms with E-state index in [0.29, 0.717) is 16.0 Å². The summed E-state index contributed by atoms with van der Waals surface area (Å²) in [5, 5.41) is 11.8. The molecule has 1 amide bonds. The minimum Gasteiger partial charge on any atom is -0.496 e. The molecular weight excluding hydrogens is 585 g/mol. The number of carbonyl (C=O) groups is 1. The first kappa shape index (κ1) is 29.1. The number of para-hydroxylation sites is 3. The van der Waals surface area contributed by atoms with Crippen molar-refractivity contribution < 1.29 is 14.3 Å². The zero-order valence-electron chi connectivity index (χ0n) is 22.9. The molecule has 7 nitrogen and oxygen atoms in total. The highest BCUT2D eigenvalue weighted by Crippen LogP contribution is 2.38. The highest BCUT2D eigenvalue weighted by Gasteiger charge is 2.24. The molecule has 0 aliphatic heterocycles. The molecule has 0 fully saturated rings. The molecule has 0 aliphatic rings. The molecule has 212 valence electrons. The molecule has 1 heterocycles. The van der Waals surface area contributed by atoms with Crippen LogP contribution in [0.3, 0.4) is 0 Å². The lowest BCUT2D eigenvalue weighted by Crippen LogP contribution is -2.20. The number of rotatable bonds is 10. The normalized spacial score (nSPS) is 11.3. The van der Waals surface area contributed by atoms with Crippen LogP contribution in [0.15, 0.2) is 113 Å². The standard InChI is InChI=1S/C32H28N4O3S3/c1-38-27-17-8-6-15-24(27)26-20-41-32(35-26)36-30(37)29(21-11-4-3-5-12-21)42-23-14-10-13-22(19-23)33-31(40)34-25-16-7-9-18-28(25)39-2/h3-20,29H,1-2H3,(H2,33,34,40)(H,35,36,37). The third-order valence-electron chi connectivity index (χ3n) is 6.16. The Morgan fingerprint density at radius 2 is 1.55 bits per heavy atom. The van der Waals surface area contributed by atoms with Crippen LogP contribution in [-0.2, 0) is 4.79 Å². The molecular formula is C32H28N4O3S3. The van der Waals surface area contributed by atoms with Crippen LogP contribution in [0.5, 0.6) is 11.5 Å². The Kier molecular flexibility index (Phi) is 9.70. The Hall–Kier alpha value is -4.38. The molecule has 0 radical (unpaired) electrons. The predicted molar refractivity (Wildman–Crippen MR) is 177 cm³/mol. The van der Waals surface area contributed by atoms with E-state index in [1.165, 1.54) is 23.1 Å². The van der Waals surface area contributed by atoms with Crippen molar-refractivity contribution in [2.75, 3.05) is 30.2 Å². The monoisotopic (exact) mass is 612 g/mol. The van der Waals surface area contributed by atoms with Crippen LogP contribution in [-0.4, -0.2) is 30.2 Å². The first-order chi connectivity index (χ1) is 20.5. The highest BCUT2D eigenvalue weighted by atomic mass is 32.2. The number of nitrogens with zero attached hydrogens (tertiary/aromatic N) is 1. The average Bonchev–Trinajstić information content (AvgIpc) is 3.48. The Morgan fingerprint density at radius 3 is 2.33 bits per heavy atom. The summed E-state index contributed by atoms with van der Waals surface area (Å²) in [6, 6.07) is 32.7. The summed E-state index contributed by atoms with van der Waals surface area (Å²) < 4.78 is 10.9. The van der Waals surface area contributed by atoms with E-state index >= 15 is 0 Å². The number of thiazole rings is 1. The Bertz CT molecular complexity index is 1680. The van der Waals surface area contributed by atoms with Gasteiger partial charge < -0.3 is 25.4 Å². The van der Waals surface area contributed by atoms with Gasteiger partial charge in [0.2, 0.25) is 5.91 Å². The zero-order chi connectivity index (χ0) is 29.3. The van der Waals surface area contributed by atoms with Gasteiger partial charge in [-0.15, -0.1) is 23.1 Å². The molecule has 0 saturated heterocycles. The zero-order valence-corrected chi connectivity index (χ0v) is 25.3. The number of ether oxygens (including phenoxy) is 2. The Morgan fingerprint density at radius 1 is 0.833 bits per heavy atom. The maximum absolute atomic E-state index is 13.7. The number of nitrogens with one attached hydrogen (secondary N) is 3. The number of benzene rings is 4. The van der Waals surface area contributed by atoms with Gasteiger partial charge in [-0.05, 0) is 60.2 Å². The van der Waals surface area contributed by atoms with Crippen molar-refractivity contribution in [1.29, 1.82) is 0 Å². The molecule has 1 atom stereocenters. The van der Waals surface area contributed by atoms with Gasteiger partial charge in [0.05, 0.1) is 25.6 Å². The van der Waals surface area contributed by atoms with Crippen LogP contribution in [0.4, 0.5) is 16.5 Å². The molecule has 1 aromatic heterocycles. The van der Waals surface area contributed by atoms with Gasteiger partial charge in [0.15, 0.2) is 10.2 Å². The summed E-state index contributed by atoms with van der Waals surface area (Å²) in [5.74, 6) is 1.25. The number of aromatic nitrogens is 1. The highest BCUT2D eigenvalue weighted by molar-refractivity contribution is 8.00. The summed E-state index contributed by atoms with van der Waals surface area (Å²) in [4.78, 5) is 19.2. The molecule has 42 heavy (non-hydrogen) atoms. The maximum atomic E-state index is 13.7. The van der Waals surface area contributed by atoms with Crippen molar-refractivity contribution in [2.45, 2.75) is 10.1 Å². The van der Waals surface area contributed by atoms with E-state index in [0.717, 1.165) is 38.8 Å². The number of amides is 1. The molecule has 10 heteroatoms. The van der Waals surface area contributed by atoms with E-state index in [4.69, 9.17) is 21.7 Å². The van der Waals surface area contributed by atoms with Gasteiger partial charge in [-0.3, -0.25) is 4.79 Å². The van der Waals surface area contributed by atoms with Crippen molar-refractivity contribution in [2.24, 2.45) is 0 Å². The number of hydrogen-bond donors (Lipinski definition) is 3. The summed E-state index contributed by atoms with van der Waals surface area (Å²) in [6.45, 7) is 0. The molecule has 5 aromatic rings. The summed E-state index contributed by atoms with van der Waals surface area (Å²) in [5.41, 5.74) is 4.05. The SMILES string of the molecule is COc1ccccc1NC(=S)Nc1cccc(SC(C(=O)Nc2nc(-c3ccccc3OC)cs2)c2ccccc2)c1. The molecule has 1 unspecified atom stereocenters. The first-order valence-electron chi connectivity index (χ1n) is 13.0. The number of thioether (sulfide) groups is 1. The molecule has 5 rings (SSSR count). The maximum Gasteiger partial charge on any atom is 0.244 e. The van der Waals surface area contributed by atoms with Crippen molar-refractivity contribution in [1.82, 2.24) is 4.98 Å². The Labute approximate surface area is 258 Å². The molecule has 4 aromatic carbocycles. The van der Waals surface area contributed by atoms with Gasteiger partial charge in [0.25, 0.3) is 0 Å². The second-order valence-corrected chi connectivity index (χ2v) is 11.4. The Balaban J connectivity index is 1.31. The molecule has 0 aliphatic carbocycles. The van der Waals surface area contributed by atoms with Crippen LogP contribution in [0.2, 0.25) is 0 Å². The fourth-order valence-corrected chi connectivity index (χ4v) is 6.22. The summed E-state index contributed by atoms with van der Waals surface area (Å²) in [7, 11) is 3.25. The van der Waals surface area contributed by atoms with Gasteiger partial charge in [0.1, 0.15) is 16.7 Å². The largest absolute Gasteiger partial charge is 0.496 e. The van der Waals surface area contributed by atoms with E-state index in [-0.39, 0.29) is 5.91 Å². The molecule has 0 saturated carbocycles. The van der Waals surface area contributed by atoms with Gasteiger partial charge >= 0.3 is 0 Å². The van der Waals surface area contributed by atoms with Gasteiger partial charge in [-0.1, -0.05) is 60.7 Å². The van der Waals surface area contributed by atoms with Crippen LogP contribution in [0, 0.1) is 0 Å². The minimum atomic E-state index is -0.515. The van der Waals surface area contributed by atoms with Gasteiger partial charge in [0, 0.05) is 21.5 Å². The number of thiocarbonyl (C=S) groups is 1. The van der Waals surface area contributed by atoms with E-state index in [1.54, 1.807) is 14.2 Å². The first-order valence-corrected chi connectivity index (χ1v) is 15.1. The summed E-state index contributed by atoms with van der Waals surface area (Å²) in [6.07, 6.45) is 0. The lowest BCUT2D eigenvalue weighted by Gasteiger charge is -2.17. The third kappa shape index (κ3) is 7.27.